The summed E-state index contributed by atoms with van der Waals surface area (Å²) in [5, 5.41) is 6.99. The van der Waals surface area contributed by atoms with Gasteiger partial charge < -0.3 is 5.32 Å². The molecule has 0 aliphatic rings. The first-order valence-corrected chi connectivity index (χ1v) is 9.10. The summed E-state index contributed by atoms with van der Waals surface area (Å²) >= 11 is 3.37. The Hall–Kier alpha value is -2.68. The van der Waals surface area contributed by atoms with Gasteiger partial charge in [0.1, 0.15) is 0 Å². The number of nitrogens with zero attached hydrogens (tertiary/aromatic N) is 3. The summed E-state index contributed by atoms with van der Waals surface area (Å²) in [6.45, 7) is 3.52. The first-order chi connectivity index (χ1) is 13.2. The highest BCUT2D eigenvalue weighted by atomic mass is 79.9. The van der Waals surface area contributed by atoms with E-state index in [4.69, 9.17) is 0 Å². The van der Waals surface area contributed by atoms with Gasteiger partial charge in [0.25, 0.3) is 5.91 Å². The molecule has 0 saturated heterocycles. The number of aromatic nitrogens is 3. The molecule has 1 unspecified atom stereocenters. The van der Waals surface area contributed by atoms with E-state index >= 15 is 0 Å². The minimum absolute atomic E-state index is 0.200. The number of pyridine rings is 1. The van der Waals surface area contributed by atoms with Gasteiger partial charge in [-0.1, -0.05) is 28.1 Å². The molecule has 1 atom stereocenters. The Morgan fingerprint density at radius 2 is 1.82 bits per heavy atom. The molecule has 2 heterocycles. The van der Waals surface area contributed by atoms with E-state index in [-0.39, 0.29) is 17.8 Å². The monoisotopic (exact) mass is 452 g/mol. The summed E-state index contributed by atoms with van der Waals surface area (Å²) < 4.78 is 40.3. The third kappa shape index (κ3) is 4.24. The van der Waals surface area contributed by atoms with Crippen LogP contribution < -0.4 is 5.32 Å². The molecule has 3 rings (SSSR count). The zero-order chi connectivity index (χ0) is 20.5. The molecule has 1 amide bonds. The van der Waals surface area contributed by atoms with Crippen LogP contribution >= 0.6 is 15.9 Å². The van der Waals surface area contributed by atoms with Crippen LogP contribution in [0.3, 0.4) is 0 Å². The number of nitrogens with one attached hydrogen (secondary N) is 1. The van der Waals surface area contributed by atoms with E-state index in [0.717, 1.165) is 22.3 Å². The maximum Gasteiger partial charge on any atom is 0.417 e. The van der Waals surface area contributed by atoms with Crippen molar-refractivity contribution in [3.63, 3.8) is 0 Å². The van der Waals surface area contributed by atoms with Gasteiger partial charge in [-0.05, 0) is 43.7 Å². The van der Waals surface area contributed by atoms with Crippen molar-refractivity contribution >= 4 is 21.8 Å². The minimum Gasteiger partial charge on any atom is -0.345 e. The summed E-state index contributed by atoms with van der Waals surface area (Å²) in [4.78, 5) is 16.4. The van der Waals surface area contributed by atoms with Crippen LogP contribution in [-0.2, 0) is 6.18 Å². The van der Waals surface area contributed by atoms with Crippen LogP contribution in [0.2, 0.25) is 0 Å². The second-order valence-electron chi connectivity index (χ2n) is 6.20. The predicted molar refractivity (Wildman–Crippen MR) is 101 cm³/mol. The van der Waals surface area contributed by atoms with Crippen LogP contribution in [0.4, 0.5) is 13.2 Å². The second kappa shape index (κ2) is 7.75. The standard InChI is InChI=1S/C19H16BrF3N4O/c1-11(13-3-6-15(20)7-4-13)26-18(28)16-10-25-27(12(16)2)17-8-5-14(9-24-17)19(21,22)23/h3-11H,1-2H3,(H,26,28). The van der Waals surface area contributed by atoms with Gasteiger partial charge in [0, 0.05) is 10.7 Å². The molecule has 0 aliphatic heterocycles. The fraction of sp³-hybridized carbons (Fsp3) is 0.211. The molecule has 2 aromatic heterocycles. The van der Waals surface area contributed by atoms with Crippen LogP contribution in [0.1, 0.15) is 40.1 Å². The Kier molecular flexibility index (Phi) is 5.55. The lowest BCUT2D eigenvalue weighted by molar-refractivity contribution is -0.137. The zero-order valence-corrected chi connectivity index (χ0v) is 16.5. The third-order valence-electron chi connectivity index (χ3n) is 4.26. The summed E-state index contributed by atoms with van der Waals surface area (Å²) in [7, 11) is 0. The molecular weight excluding hydrogens is 437 g/mol. The quantitative estimate of drug-likeness (QED) is 0.615. The van der Waals surface area contributed by atoms with E-state index < -0.39 is 11.7 Å². The highest BCUT2D eigenvalue weighted by Crippen LogP contribution is 2.29. The number of halogens is 4. The smallest absolute Gasteiger partial charge is 0.345 e. The lowest BCUT2D eigenvalue weighted by Gasteiger charge is -2.14. The first kappa shape index (κ1) is 20.1. The maximum atomic E-state index is 12.7. The maximum absolute atomic E-state index is 12.7. The van der Waals surface area contributed by atoms with Crippen LogP contribution in [0.25, 0.3) is 5.82 Å². The number of alkyl halides is 3. The number of hydrogen-bond acceptors (Lipinski definition) is 3. The van der Waals surface area contributed by atoms with Crippen molar-refractivity contribution in [2.75, 3.05) is 0 Å². The number of carbonyl (C=O) groups is 1. The van der Waals surface area contributed by atoms with Gasteiger partial charge in [0.05, 0.1) is 29.1 Å². The largest absolute Gasteiger partial charge is 0.417 e. The van der Waals surface area contributed by atoms with E-state index in [9.17, 15) is 18.0 Å². The molecule has 0 radical (unpaired) electrons. The Balaban J connectivity index is 1.78. The summed E-state index contributed by atoms with van der Waals surface area (Å²) in [6, 6.07) is 9.49. The molecule has 3 aromatic rings. The van der Waals surface area contributed by atoms with Gasteiger partial charge in [-0.25, -0.2) is 9.67 Å². The molecule has 9 heteroatoms. The van der Waals surface area contributed by atoms with Crippen molar-refractivity contribution in [3.05, 3.63) is 75.6 Å². The molecule has 0 fully saturated rings. The van der Waals surface area contributed by atoms with Crippen LogP contribution in [-0.4, -0.2) is 20.7 Å². The molecule has 0 bridgehead atoms. The molecule has 1 aromatic carbocycles. The van der Waals surface area contributed by atoms with Crippen LogP contribution in [0, 0.1) is 6.92 Å². The number of carbonyl (C=O) groups excluding carboxylic acids is 1. The Bertz CT molecular complexity index is 982. The second-order valence-corrected chi connectivity index (χ2v) is 7.12. The highest BCUT2D eigenvalue weighted by Gasteiger charge is 2.30. The molecule has 1 N–H and O–H groups in total. The van der Waals surface area contributed by atoms with Gasteiger partial charge >= 0.3 is 6.18 Å². The van der Waals surface area contributed by atoms with Gasteiger partial charge in [0.2, 0.25) is 0 Å². The fourth-order valence-corrected chi connectivity index (χ4v) is 2.92. The summed E-state index contributed by atoms with van der Waals surface area (Å²) in [6.07, 6.45) is -2.34. The Morgan fingerprint density at radius 3 is 2.39 bits per heavy atom. The van der Waals surface area contributed by atoms with Crippen molar-refractivity contribution in [1.29, 1.82) is 0 Å². The molecule has 0 spiro atoms. The van der Waals surface area contributed by atoms with Crippen molar-refractivity contribution in [2.24, 2.45) is 0 Å². The van der Waals surface area contributed by atoms with Gasteiger partial charge in [0.15, 0.2) is 5.82 Å². The van der Waals surface area contributed by atoms with E-state index in [0.29, 0.717) is 11.3 Å². The number of hydrogen-bond donors (Lipinski definition) is 1. The number of benzene rings is 1. The van der Waals surface area contributed by atoms with Gasteiger partial charge in [-0.15, -0.1) is 0 Å². The van der Waals surface area contributed by atoms with E-state index in [1.54, 1.807) is 6.92 Å². The molecule has 28 heavy (non-hydrogen) atoms. The van der Waals surface area contributed by atoms with Crippen molar-refractivity contribution in [1.82, 2.24) is 20.1 Å². The topological polar surface area (TPSA) is 59.8 Å². The summed E-state index contributed by atoms with van der Waals surface area (Å²) in [5.74, 6) is -0.128. The van der Waals surface area contributed by atoms with Crippen molar-refractivity contribution < 1.29 is 18.0 Å². The van der Waals surface area contributed by atoms with Gasteiger partial charge in [-0.2, -0.15) is 18.3 Å². The lowest BCUT2D eigenvalue weighted by Crippen LogP contribution is -2.27. The highest BCUT2D eigenvalue weighted by molar-refractivity contribution is 9.10. The van der Waals surface area contributed by atoms with E-state index in [1.807, 2.05) is 31.2 Å². The fourth-order valence-electron chi connectivity index (χ4n) is 2.65. The average molecular weight is 453 g/mol. The predicted octanol–water partition coefficient (Wildman–Crippen LogP) is 4.85. The zero-order valence-electron chi connectivity index (χ0n) is 15.0. The Morgan fingerprint density at radius 1 is 1.14 bits per heavy atom. The molecule has 146 valence electrons. The van der Waals surface area contributed by atoms with Crippen LogP contribution in [0.15, 0.2) is 53.3 Å². The molecule has 0 aliphatic carbocycles. The van der Waals surface area contributed by atoms with Crippen LogP contribution in [0.5, 0.6) is 0 Å². The van der Waals surface area contributed by atoms with Gasteiger partial charge in [-0.3, -0.25) is 4.79 Å². The third-order valence-corrected chi connectivity index (χ3v) is 4.79. The lowest BCUT2D eigenvalue weighted by atomic mass is 10.1. The van der Waals surface area contributed by atoms with Crippen molar-refractivity contribution in [3.8, 4) is 5.82 Å². The molecule has 0 saturated carbocycles. The van der Waals surface area contributed by atoms with E-state index in [2.05, 4.69) is 31.3 Å². The first-order valence-electron chi connectivity index (χ1n) is 8.31. The minimum atomic E-state index is -4.46. The molecule has 5 nitrogen and oxygen atoms in total. The van der Waals surface area contributed by atoms with E-state index in [1.165, 1.54) is 16.9 Å². The molecular formula is C19H16BrF3N4O. The Labute approximate surface area is 167 Å². The SMILES string of the molecule is Cc1c(C(=O)NC(C)c2ccc(Br)cc2)cnn1-c1ccc(C(F)(F)F)cn1. The average Bonchev–Trinajstić information content (AvgIpc) is 3.03. The number of amides is 1. The van der Waals surface area contributed by atoms with Crippen molar-refractivity contribution in [2.45, 2.75) is 26.1 Å². The summed E-state index contributed by atoms with van der Waals surface area (Å²) in [5.41, 5.74) is 0.895. The normalized spacial score (nSPS) is 12.6. The number of rotatable bonds is 4.